The summed E-state index contributed by atoms with van der Waals surface area (Å²) in [5.74, 6) is -2.17. The summed E-state index contributed by atoms with van der Waals surface area (Å²) in [6, 6.07) is 9.93. The standard InChI is InChI=1S/C34H47F2N2O8P/c1-8-44-47(43)20-19-37(22-25-13-16-27(36)21-28(25)24-11-14-26(35)15-12-24)23-34(47,29(39)40)17-9-10-18-38(30(41)45-32(2,3)4)31(42)46-33(5,6)7/h11-16,21H,8-10,17-20,22-23H2,1-7H3,(H,39,40)/t34-,47?/m0/s1. The van der Waals surface area contributed by atoms with Crippen molar-refractivity contribution >= 4 is 25.5 Å². The molecule has 1 fully saturated rings. The van der Waals surface area contributed by atoms with Crippen molar-refractivity contribution in [3.8, 4) is 11.1 Å². The molecule has 47 heavy (non-hydrogen) atoms. The van der Waals surface area contributed by atoms with Crippen molar-refractivity contribution in [1.82, 2.24) is 9.80 Å². The fourth-order valence-corrected chi connectivity index (χ4v) is 8.52. The molecule has 3 rings (SSSR count). The van der Waals surface area contributed by atoms with Crippen molar-refractivity contribution in [3.05, 3.63) is 59.7 Å². The Balaban J connectivity index is 1.85. The van der Waals surface area contributed by atoms with Crippen molar-refractivity contribution in [2.75, 3.05) is 32.4 Å². The van der Waals surface area contributed by atoms with Gasteiger partial charge in [0.15, 0.2) is 5.16 Å². The molecule has 0 bridgehead atoms. The first-order valence-corrected chi connectivity index (χ1v) is 17.6. The van der Waals surface area contributed by atoms with Crippen LogP contribution in [0.1, 0.15) is 73.3 Å². The number of hydrogen-bond donors (Lipinski definition) is 1. The zero-order valence-corrected chi connectivity index (χ0v) is 29.2. The minimum Gasteiger partial charge on any atom is -0.480 e. The lowest BCUT2D eigenvalue weighted by Crippen LogP contribution is -2.54. The summed E-state index contributed by atoms with van der Waals surface area (Å²) >= 11 is 0. The molecule has 1 aliphatic rings. The monoisotopic (exact) mass is 680 g/mol. The highest BCUT2D eigenvalue weighted by Crippen LogP contribution is 2.63. The Morgan fingerprint density at radius 3 is 2.04 bits per heavy atom. The quantitative estimate of drug-likeness (QED) is 0.186. The van der Waals surface area contributed by atoms with Gasteiger partial charge < -0.3 is 19.1 Å². The average Bonchev–Trinajstić information content (AvgIpc) is 2.94. The Morgan fingerprint density at radius 1 is 0.936 bits per heavy atom. The first-order valence-electron chi connectivity index (χ1n) is 15.8. The van der Waals surface area contributed by atoms with Crippen LogP contribution in [0.4, 0.5) is 18.4 Å². The second kappa shape index (κ2) is 15.3. The van der Waals surface area contributed by atoms with E-state index in [1.54, 1.807) is 66.7 Å². The van der Waals surface area contributed by atoms with Crippen LogP contribution in [0.5, 0.6) is 0 Å². The number of carbonyl (C=O) groups excluding carboxylic acids is 2. The van der Waals surface area contributed by atoms with Gasteiger partial charge in [0.25, 0.3) is 0 Å². The second-order valence-electron chi connectivity index (χ2n) is 13.7. The number of imide groups is 1. The largest absolute Gasteiger partial charge is 0.480 e. The van der Waals surface area contributed by atoms with Gasteiger partial charge in [0, 0.05) is 32.3 Å². The third kappa shape index (κ3) is 10.1. The van der Waals surface area contributed by atoms with Crippen molar-refractivity contribution in [2.24, 2.45) is 0 Å². The van der Waals surface area contributed by atoms with Crippen LogP contribution in [-0.4, -0.2) is 81.8 Å². The summed E-state index contributed by atoms with van der Waals surface area (Å²) in [6.45, 7) is 12.0. The maximum absolute atomic E-state index is 14.3. The summed E-state index contributed by atoms with van der Waals surface area (Å²) in [5, 5.41) is 8.87. The maximum atomic E-state index is 14.3. The van der Waals surface area contributed by atoms with E-state index < -0.39 is 53.5 Å². The molecule has 0 aromatic heterocycles. The molecule has 13 heteroatoms. The number of nitrogens with zero attached hydrogens (tertiary/aromatic N) is 2. The number of carboxylic acid groups (broad SMARTS) is 1. The van der Waals surface area contributed by atoms with Gasteiger partial charge in [0.05, 0.1) is 6.61 Å². The molecular formula is C34H47F2N2O8P. The van der Waals surface area contributed by atoms with Gasteiger partial charge in [0.2, 0.25) is 7.37 Å². The van der Waals surface area contributed by atoms with Gasteiger partial charge in [-0.25, -0.2) is 23.3 Å². The van der Waals surface area contributed by atoms with E-state index in [1.165, 1.54) is 24.3 Å². The number of amides is 2. The molecule has 2 aromatic rings. The van der Waals surface area contributed by atoms with Crippen molar-refractivity contribution in [1.29, 1.82) is 0 Å². The smallest absolute Gasteiger partial charge is 0.419 e. The Hall–Kier alpha value is -3.34. The van der Waals surface area contributed by atoms with Gasteiger partial charge in [-0.15, -0.1) is 0 Å². The van der Waals surface area contributed by atoms with E-state index in [4.69, 9.17) is 14.0 Å². The number of carbonyl (C=O) groups is 3. The first-order chi connectivity index (χ1) is 21.8. The molecule has 0 radical (unpaired) electrons. The molecule has 1 saturated heterocycles. The van der Waals surface area contributed by atoms with Crippen LogP contribution in [0.25, 0.3) is 11.1 Å². The zero-order chi connectivity index (χ0) is 35.2. The van der Waals surface area contributed by atoms with Gasteiger partial charge in [0.1, 0.15) is 22.8 Å². The maximum Gasteiger partial charge on any atom is 0.419 e. The molecule has 2 atom stereocenters. The van der Waals surface area contributed by atoms with Crippen molar-refractivity contribution in [3.63, 3.8) is 0 Å². The number of hydrogen-bond acceptors (Lipinski definition) is 8. The predicted molar refractivity (Wildman–Crippen MR) is 175 cm³/mol. The molecule has 1 unspecified atom stereocenters. The summed E-state index contributed by atoms with van der Waals surface area (Å²) in [4.78, 5) is 41.6. The van der Waals surface area contributed by atoms with E-state index in [0.29, 0.717) is 16.7 Å². The molecule has 260 valence electrons. The van der Waals surface area contributed by atoms with Crippen LogP contribution in [0.3, 0.4) is 0 Å². The summed E-state index contributed by atoms with van der Waals surface area (Å²) in [7, 11) is -3.73. The summed E-state index contributed by atoms with van der Waals surface area (Å²) in [6.07, 6.45) is -1.47. The van der Waals surface area contributed by atoms with Gasteiger partial charge in [-0.1, -0.05) is 18.2 Å². The SMILES string of the molecule is CCOP1(=O)CCN(Cc2ccc(F)cc2-c2ccc(F)cc2)C[C@@]1(CCCCN(C(=O)OC(C)(C)C)C(=O)OC(C)(C)C)C(=O)O. The van der Waals surface area contributed by atoms with E-state index >= 15 is 0 Å². The number of aliphatic carboxylic acids is 1. The highest BCUT2D eigenvalue weighted by Gasteiger charge is 2.58. The highest BCUT2D eigenvalue weighted by molar-refractivity contribution is 7.62. The van der Waals surface area contributed by atoms with Crippen LogP contribution in [-0.2, 0) is 29.9 Å². The third-order valence-electron chi connectivity index (χ3n) is 7.65. The lowest BCUT2D eigenvalue weighted by Gasteiger charge is -2.45. The number of ether oxygens (including phenoxy) is 2. The van der Waals surface area contributed by atoms with Gasteiger partial charge in [-0.05, 0) is 109 Å². The lowest BCUT2D eigenvalue weighted by molar-refractivity contribution is -0.141. The van der Waals surface area contributed by atoms with Crippen LogP contribution < -0.4 is 0 Å². The Kier molecular flexibility index (Phi) is 12.4. The molecular weight excluding hydrogens is 633 g/mol. The van der Waals surface area contributed by atoms with Crippen molar-refractivity contribution < 1.29 is 46.8 Å². The second-order valence-corrected chi connectivity index (χ2v) is 16.6. The van der Waals surface area contributed by atoms with E-state index in [0.717, 1.165) is 4.90 Å². The molecule has 10 nitrogen and oxygen atoms in total. The van der Waals surface area contributed by atoms with Gasteiger partial charge >= 0.3 is 18.2 Å². The van der Waals surface area contributed by atoms with Crippen LogP contribution in [0.2, 0.25) is 0 Å². The molecule has 2 amide bonds. The molecule has 0 spiro atoms. The number of rotatable bonds is 11. The zero-order valence-electron chi connectivity index (χ0n) is 28.3. The molecule has 1 aliphatic heterocycles. The molecule has 1 heterocycles. The Morgan fingerprint density at radius 2 is 1.51 bits per heavy atom. The Bertz CT molecular complexity index is 1440. The third-order valence-corrected chi connectivity index (χ3v) is 11.0. The van der Waals surface area contributed by atoms with E-state index in [2.05, 4.69) is 0 Å². The number of carboxylic acids is 1. The first kappa shape index (κ1) is 38.1. The normalized spacial score (nSPS) is 20.4. The minimum absolute atomic E-state index is 0.0117. The van der Waals surface area contributed by atoms with E-state index in [-0.39, 0.29) is 58.2 Å². The van der Waals surface area contributed by atoms with Gasteiger partial charge in [-0.2, -0.15) is 0 Å². The topological polar surface area (TPSA) is 123 Å². The average molecular weight is 681 g/mol. The van der Waals surface area contributed by atoms with Crippen LogP contribution in [0, 0.1) is 11.6 Å². The highest BCUT2D eigenvalue weighted by atomic mass is 31.2. The predicted octanol–water partition coefficient (Wildman–Crippen LogP) is 7.93. The fourth-order valence-electron chi connectivity index (χ4n) is 5.55. The van der Waals surface area contributed by atoms with E-state index in [1.807, 2.05) is 4.90 Å². The number of unbranched alkanes of at least 4 members (excludes halogenated alkanes) is 1. The number of benzene rings is 2. The molecule has 0 aliphatic carbocycles. The Labute approximate surface area is 275 Å². The summed E-state index contributed by atoms with van der Waals surface area (Å²) in [5.41, 5.74) is 0.0785. The van der Waals surface area contributed by atoms with Crippen LogP contribution in [0.15, 0.2) is 42.5 Å². The summed E-state index contributed by atoms with van der Waals surface area (Å²) < 4.78 is 58.8. The lowest BCUT2D eigenvalue weighted by atomic mass is 9.97. The number of halogens is 2. The van der Waals surface area contributed by atoms with Crippen LogP contribution >= 0.6 is 7.37 Å². The van der Waals surface area contributed by atoms with Crippen molar-refractivity contribution in [2.45, 2.75) is 90.6 Å². The van der Waals surface area contributed by atoms with Gasteiger partial charge in [-0.3, -0.25) is 14.3 Å². The molecule has 0 saturated carbocycles. The molecule has 2 aromatic carbocycles. The fraction of sp³-hybridized carbons (Fsp3) is 0.559. The molecule has 1 N–H and O–H groups in total. The van der Waals surface area contributed by atoms with E-state index in [9.17, 15) is 32.8 Å². The minimum atomic E-state index is -3.73.